The van der Waals surface area contributed by atoms with Crippen molar-refractivity contribution in [3.8, 4) is 0 Å². The number of aromatic nitrogens is 1. The van der Waals surface area contributed by atoms with Gasteiger partial charge in [-0.05, 0) is 31.9 Å². The molecule has 0 aliphatic heterocycles. The van der Waals surface area contributed by atoms with E-state index in [1.807, 2.05) is 32.9 Å². The Morgan fingerprint density at radius 1 is 1.28 bits per heavy atom. The topological polar surface area (TPSA) is 81.2 Å². The molecule has 0 radical (unpaired) electrons. The summed E-state index contributed by atoms with van der Waals surface area (Å²) in [6.45, 7) is 5.91. The average Bonchev–Trinajstić information content (AvgIpc) is 2.70. The van der Waals surface area contributed by atoms with Gasteiger partial charge >= 0.3 is 0 Å². The Kier molecular flexibility index (Phi) is 3.06. The lowest BCUT2D eigenvalue weighted by Gasteiger charge is -2.11. The molecule has 5 heteroatoms. The highest BCUT2D eigenvalue weighted by Gasteiger charge is 2.14. The predicted octanol–water partition coefficient (Wildman–Crippen LogP) is 2.43. The zero-order chi connectivity index (χ0) is 13.3. The molecule has 1 aromatic heterocycles. The van der Waals surface area contributed by atoms with Crippen LogP contribution < -0.4 is 11.1 Å². The minimum atomic E-state index is -0.353. The van der Waals surface area contributed by atoms with Crippen LogP contribution in [0.15, 0.2) is 22.7 Å². The number of nitrogens with one attached hydrogen (secondary N) is 1. The van der Waals surface area contributed by atoms with E-state index in [2.05, 4.69) is 10.3 Å². The number of nitrogens with two attached hydrogens (primary N) is 1. The molecule has 0 saturated carbocycles. The van der Waals surface area contributed by atoms with Crippen LogP contribution in [0.2, 0.25) is 0 Å². The molecule has 0 unspecified atom stereocenters. The molecule has 0 spiro atoms. The number of nitrogens with zero attached hydrogens (tertiary/aromatic N) is 1. The van der Waals surface area contributed by atoms with Gasteiger partial charge in [0.2, 0.25) is 5.76 Å². The first-order valence-electron chi connectivity index (χ1n) is 5.58. The highest BCUT2D eigenvalue weighted by molar-refractivity contribution is 6.03. The smallest absolute Gasteiger partial charge is 0.293 e. The third-order valence-corrected chi connectivity index (χ3v) is 2.66. The van der Waals surface area contributed by atoms with E-state index in [-0.39, 0.29) is 17.7 Å². The van der Waals surface area contributed by atoms with Gasteiger partial charge in [-0.3, -0.25) is 4.79 Å². The predicted molar refractivity (Wildman–Crippen MR) is 69.5 cm³/mol. The Hall–Kier alpha value is -2.30. The summed E-state index contributed by atoms with van der Waals surface area (Å²) in [5, 5.41) is 2.81. The Labute approximate surface area is 105 Å². The maximum atomic E-state index is 11.9. The number of hydrogen-bond donors (Lipinski definition) is 2. The summed E-state index contributed by atoms with van der Waals surface area (Å²) in [5.74, 6) is -0.249. The van der Waals surface area contributed by atoms with Gasteiger partial charge in [-0.1, -0.05) is 17.7 Å². The van der Waals surface area contributed by atoms with Crippen molar-refractivity contribution in [2.75, 3.05) is 11.1 Å². The monoisotopic (exact) mass is 245 g/mol. The molecule has 0 atom stereocenters. The molecule has 0 bridgehead atoms. The van der Waals surface area contributed by atoms with Crippen molar-refractivity contribution in [3.05, 3.63) is 40.8 Å². The summed E-state index contributed by atoms with van der Waals surface area (Å²) in [6, 6.07) is 4.01. The molecule has 94 valence electrons. The lowest BCUT2D eigenvalue weighted by Crippen LogP contribution is -2.13. The van der Waals surface area contributed by atoms with Crippen molar-refractivity contribution >= 4 is 17.6 Å². The van der Waals surface area contributed by atoms with Crippen molar-refractivity contribution in [2.24, 2.45) is 0 Å². The number of amides is 1. The zero-order valence-electron chi connectivity index (χ0n) is 10.6. The number of benzene rings is 1. The number of oxazole rings is 1. The first-order valence-corrected chi connectivity index (χ1v) is 5.58. The van der Waals surface area contributed by atoms with Crippen LogP contribution in [0.5, 0.6) is 0 Å². The van der Waals surface area contributed by atoms with Gasteiger partial charge in [0.05, 0.1) is 6.20 Å². The Morgan fingerprint density at radius 3 is 2.39 bits per heavy atom. The van der Waals surface area contributed by atoms with Gasteiger partial charge in [-0.15, -0.1) is 0 Å². The first kappa shape index (κ1) is 12.2. The lowest BCUT2D eigenvalue weighted by molar-refractivity contribution is 0.0997. The zero-order valence-corrected chi connectivity index (χ0v) is 10.6. The van der Waals surface area contributed by atoms with Crippen LogP contribution >= 0.6 is 0 Å². The van der Waals surface area contributed by atoms with E-state index >= 15 is 0 Å². The molecule has 18 heavy (non-hydrogen) atoms. The van der Waals surface area contributed by atoms with E-state index in [9.17, 15) is 4.79 Å². The molecule has 5 nitrogen and oxygen atoms in total. The highest BCUT2D eigenvalue weighted by Crippen LogP contribution is 2.22. The van der Waals surface area contributed by atoms with Gasteiger partial charge in [0.25, 0.3) is 11.9 Å². The molecule has 0 aliphatic carbocycles. The van der Waals surface area contributed by atoms with Crippen LogP contribution in [0.1, 0.15) is 27.2 Å². The molecule has 1 heterocycles. The van der Waals surface area contributed by atoms with E-state index in [1.54, 1.807) is 0 Å². The number of rotatable bonds is 2. The van der Waals surface area contributed by atoms with E-state index < -0.39 is 0 Å². The second-order valence-electron chi connectivity index (χ2n) is 4.29. The van der Waals surface area contributed by atoms with Crippen LogP contribution in [0.25, 0.3) is 0 Å². The SMILES string of the molecule is Cc1cc(C)c(NC(=O)c2cnc(N)o2)c(C)c1. The third kappa shape index (κ3) is 2.34. The maximum Gasteiger partial charge on any atom is 0.293 e. The minimum absolute atomic E-state index is 0.0162. The van der Waals surface area contributed by atoms with Gasteiger partial charge in [0, 0.05) is 5.69 Å². The number of nitrogen functional groups attached to an aromatic ring is 1. The number of hydrogen-bond acceptors (Lipinski definition) is 4. The highest BCUT2D eigenvalue weighted by atomic mass is 16.4. The molecule has 1 aromatic carbocycles. The van der Waals surface area contributed by atoms with Crippen molar-refractivity contribution in [1.29, 1.82) is 0 Å². The number of anilines is 2. The lowest BCUT2D eigenvalue weighted by atomic mass is 10.1. The fourth-order valence-electron chi connectivity index (χ4n) is 1.94. The molecular weight excluding hydrogens is 230 g/mol. The standard InChI is InChI=1S/C13H15N3O2/c1-7-4-8(2)11(9(3)5-7)16-12(17)10-6-15-13(14)18-10/h4-6H,1-3H3,(H2,14,15)(H,16,17). The fraction of sp³-hybridized carbons (Fsp3) is 0.231. The molecular formula is C13H15N3O2. The summed E-state index contributed by atoms with van der Waals surface area (Å²) in [5.41, 5.74) is 9.30. The molecule has 0 saturated heterocycles. The van der Waals surface area contributed by atoms with Crippen LogP contribution in [-0.2, 0) is 0 Å². The van der Waals surface area contributed by atoms with E-state index in [4.69, 9.17) is 10.2 Å². The Bertz CT molecular complexity index is 579. The molecule has 1 amide bonds. The second kappa shape index (κ2) is 4.52. The van der Waals surface area contributed by atoms with Gasteiger partial charge in [0.15, 0.2) is 0 Å². The Morgan fingerprint density at radius 2 is 1.89 bits per heavy atom. The summed E-state index contributed by atoms with van der Waals surface area (Å²) in [7, 11) is 0. The minimum Gasteiger partial charge on any atom is -0.418 e. The van der Waals surface area contributed by atoms with E-state index in [0.717, 1.165) is 22.4 Å². The van der Waals surface area contributed by atoms with Crippen molar-refractivity contribution in [2.45, 2.75) is 20.8 Å². The van der Waals surface area contributed by atoms with Crippen molar-refractivity contribution in [3.63, 3.8) is 0 Å². The average molecular weight is 245 g/mol. The first-order chi connectivity index (χ1) is 8.47. The number of aryl methyl sites for hydroxylation is 3. The van der Waals surface area contributed by atoms with Gasteiger partial charge in [-0.25, -0.2) is 4.98 Å². The van der Waals surface area contributed by atoms with E-state index in [1.165, 1.54) is 6.20 Å². The molecule has 0 aliphatic rings. The quantitative estimate of drug-likeness (QED) is 0.851. The van der Waals surface area contributed by atoms with Gasteiger partial charge in [0.1, 0.15) is 0 Å². The van der Waals surface area contributed by atoms with Crippen molar-refractivity contribution in [1.82, 2.24) is 4.98 Å². The van der Waals surface area contributed by atoms with Crippen LogP contribution in [0.4, 0.5) is 11.7 Å². The van der Waals surface area contributed by atoms with Crippen LogP contribution in [0, 0.1) is 20.8 Å². The summed E-state index contributed by atoms with van der Waals surface area (Å²) in [4.78, 5) is 15.6. The Balaban J connectivity index is 2.27. The molecule has 2 rings (SSSR count). The van der Waals surface area contributed by atoms with Gasteiger partial charge in [-0.2, -0.15) is 0 Å². The molecule has 2 aromatic rings. The largest absolute Gasteiger partial charge is 0.418 e. The molecule has 3 N–H and O–H groups in total. The van der Waals surface area contributed by atoms with Gasteiger partial charge < -0.3 is 15.5 Å². The number of carbonyl (C=O) groups is 1. The third-order valence-electron chi connectivity index (χ3n) is 2.66. The maximum absolute atomic E-state index is 11.9. The number of carbonyl (C=O) groups excluding carboxylic acids is 1. The van der Waals surface area contributed by atoms with Crippen LogP contribution in [0.3, 0.4) is 0 Å². The fourth-order valence-corrected chi connectivity index (χ4v) is 1.94. The van der Waals surface area contributed by atoms with Crippen LogP contribution in [-0.4, -0.2) is 10.9 Å². The second-order valence-corrected chi connectivity index (χ2v) is 4.29. The summed E-state index contributed by atoms with van der Waals surface area (Å²) >= 11 is 0. The molecule has 0 fully saturated rings. The van der Waals surface area contributed by atoms with Crippen molar-refractivity contribution < 1.29 is 9.21 Å². The summed E-state index contributed by atoms with van der Waals surface area (Å²) < 4.78 is 4.98. The normalized spacial score (nSPS) is 10.4. The van der Waals surface area contributed by atoms with E-state index in [0.29, 0.717) is 0 Å². The summed E-state index contributed by atoms with van der Waals surface area (Å²) in [6.07, 6.45) is 1.31.